The molecule has 0 saturated carbocycles. The van der Waals surface area contributed by atoms with Crippen LogP contribution in [-0.4, -0.2) is 40.8 Å². The number of nitrogens with two attached hydrogens (primary N) is 1. The zero-order valence-electron chi connectivity index (χ0n) is 14.2. The lowest BCUT2D eigenvalue weighted by molar-refractivity contribution is 0.0509. The Morgan fingerprint density at radius 2 is 2.17 bits per heavy atom. The van der Waals surface area contributed by atoms with Crippen molar-refractivity contribution in [3.05, 3.63) is 24.4 Å². The molecule has 1 saturated heterocycles. The third-order valence-electron chi connectivity index (χ3n) is 3.79. The van der Waals surface area contributed by atoms with E-state index in [1.54, 1.807) is 6.20 Å². The van der Waals surface area contributed by atoms with Gasteiger partial charge in [0, 0.05) is 18.8 Å². The van der Waals surface area contributed by atoms with Crippen LogP contribution in [0.1, 0.15) is 27.2 Å². The number of aromatic nitrogens is 2. The van der Waals surface area contributed by atoms with E-state index in [9.17, 15) is 4.79 Å². The Morgan fingerprint density at radius 1 is 1.38 bits per heavy atom. The van der Waals surface area contributed by atoms with E-state index >= 15 is 0 Å². The normalized spacial score (nSPS) is 18.0. The van der Waals surface area contributed by atoms with E-state index in [-0.39, 0.29) is 12.1 Å². The third kappa shape index (κ3) is 3.84. The first-order valence-electron chi connectivity index (χ1n) is 8.07. The summed E-state index contributed by atoms with van der Waals surface area (Å²) < 4.78 is 5.30. The van der Waals surface area contributed by atoms with Gasteiger partial charge in [0.25, 0.3) is 0 Å². The van der Waals surface area contributed by atoms with Crippen LogP contribution >= 0.6 is 0 Å². The molecular weight excluding hydrogens is 306 g/mol. The number of hydrogen-bond donors (Lipinski definition) is 2. The van der Waals surface area contributed by atoms with Crippen LogP contribution in [0.5, 0.6) is 0 Å². The molecule has 1 aromatic heterocycles. The Bertz CT molecular complexity index is 756. The summed E-state index contributed by atoms with van der Waals surface area (Å²) in [6.45, 7) is 7.06. The van der Waals surface area contributed by atoms with Crippen molar-refractivity contribution in [1.82, 2.24) is 15.3 Å². The summed E-state index contributed by atoms with van der Waals surface area (Å²) in [5.74, 6) is 0.806. The molecule has 1 aliphatic heterocycles. The van der Waals surface area contributed by atoms with Crippen LogP contribution in [0.2, 0.25) is 0 Å². The Labute approximate surface area is 141 Å². The second-order valence-electron chi connectivity index (χ2n) is 7.05. The number of rotatable bonds is 2. The topological polar surface area (TPSA) is 93.4 Å². The maximum Gasteiger partial charge on any atom is 0.407 e. The molecule has 1 unspecified atom stereocenters. The van der Waals surface area contributed by atoms with E-state index in [0.717, 1.165) is 29.8 Å². The first-order chi connectivity index (χ1) is 11.3. The molecule has 24 heavy (non-hydrogen) atoms. The van der Waals surface area contributed by atoms with Crippen LogP contribution in [-0.2, 0) is 4.74 Å². The molecule has 128 valence electrons. The summed E-state index contributed by atoms with van der Waals surface area (Å²) in [7, 11) is 0. The maximum atomic E-state index is 11.9. The van der Waals surface area contributed by atoms with Gasteiger partial charge in [-0.05, 0) is 45.4 Å². The molecule has 0 aliphatic carbocycles. The Balaban J connectivity index is 1.65. The zero-order chi connectivity index (χ0) is 17.3. The Kier molecular flexibility index (Phi) is 4.17. The number of nitrogen functional groups attached to an aromatic ring is 1. The highest BCUT2D eigenvalue weighted by atomic mass is 16.6. The molecule has 1 atom stereocenters. The van der Waals surface area contributed by atoms with Crippen molar-refractivity contribution in [2.75, 3.05) is 23.7 Å². The minimum absolute atomic E-state index is 0.0452. The van der Waals surface area contributed by atoms with Crippen LogP contribution in [0, 0.1) is 0 Å². The average Bonchev–Trinajstić information content (AvgIpc) is 2.93. The number of ether oxygens (including phenoxy) is 1. The third-order valence-corrected chi connectivity index (χ3v) is 3.79. The molecule has 2 heterocycles. The standard InChI is InChI=1S/C17H23N5O2/c1-17(2,3)24-16(23)20-12-6-7-22(10-12)15-9-19-14-8-11(18)4-5-13(14)21-15/h4-5,8-9,12H,6-7,10,18H2,1-3H3,(H,20,23). The summed E-state index contributed by atoms with van der Waals surface area (Å²) in [4.78, 5) is 23.0. The summed E-state index contributed by atoms with van der Waals surface area (Å²) in [6, 6.07) is 5.54. The van der Waals surface area contributed by atoms with Crippen LogP contribution < -0.4 is 16.0 Å². The molecule has 1 aliphatic rings. The molecule has 7 heteroatoms. The van der Waals surface area contributed by atoms with Crippen molar-refractivity contribution in [1.29, 1.82) is 0 Å². The molecule has 7 nitrogen and oxygen atoms in total. The van der Waals surface area contributed by atoms with E-state index in [2.05, 4.69) is 20.2 Å². The summed E-state index contributed by atoms with van der Waals surface area (Å²) in [6.07, 6.45) is 2.22. The molecule has 1 fully saturated rings. The second kappa shape index (κ2) is 6.14. The summed E-state index contributed by atoms with van der Waals surface area (Å²) in [5, 5.41) is 2.91. The van der Waals surface area contributed by atoms with Gasteiger partial charge in [0.05, 0.1) is 23.3 Å². The number of carbonyl (C=O) groups excluding carboxylic acids is 1. The minimum Gasteiger partial charge on any atom is -0.444 e. The van der Waals surface area contributed by atoms with E-state index < -0.39 is 5.60 Å². The lowest BCUT2D eigenvalue weighted by Crippen LogP contribution is -2.40. The maximum absolute atomic E-state index is 11.9. The number of nitrogens with one attached hydrogen (secondary N) is 1. The van der Waals surface area contributed by atoms with Crippen molar-refractivity contribution < 1.29 is 9.53 Å². The SMILES string of the molecule is CC(C)(C)OC(=O)NC1CCN(c2cnc3cc(N)ccc3n2)C1. The first kappa shape index (κ1) is 16.3. The Morgan fingerprint density at radius 3 is 2.92 bits per heavy atom. The molecular formula is C17H23N5O2. The lowest BCUT2D eigenvalue weighted by atomic mass is 10.2. The number of anilines is 2. The van der Waals surface area contributed by atoms with Gasteiger partial charge in [-0.1, -0.05) is 0 Å². The van der Waals surface area contributed by atoms with E-state index in [1.807, 2.05) is 39.0 Å². The number of carbonyl (C=O) groups is 1. The molecule has 0 spiro atoms. The molecule has 0 radical (unpaired) electrons. The number of hydrogen-bond acceptors (Lipinski definition) is 6. The second-order valence-corrected chi connectivity index (χ2v) is 7.05. The smallest absolute Gasteiger partial charge is 0.407 e. The molecule has 1 aromatic carbocycles. The quantitative estimate of drug-likeness (QED) is 0.821. The van der Waals surface area contributed by atoms with Gasteiger partial charge in [-0.2, -0.15) is 0 Å². The van der Waals surface area contributed by atoms with Gasteiger partial charge in [0.1, 0.15) is 11.4 Å². The number of nitrogens with zero attached hydrogens (tertiary/aromatic N) is 3. The van der Waals surface area contributed by atoms with Gasteiger partial charge in [0.15, 0.2) is 0 Å². The average molecular weight is 329 g/mol. The highest BCUT2D eigenvalue weighted by Gasteiger charge is 2.27. The largest absolute Gasteiger partial charge is 0.444 e. The van der Waals surface area contributed by atoms with Gasteiger partial charge in [-0.3, -0.25) is 4.98 Å². The van der Waals surface area contributed by atoms with Crippen molar-refractivity contribution in [2.45, 2.75) is 38.8 Å². The fourth-order valence-electron chi connectivity index (χ4n) is 2.73. The van der Waals surface area contributed by atoms with E-state index in [4.69, 9.17) is 10.5 Å². The zero-order valence-corrected chi connectivity index (χ0v) is 14.2. The monoisotopic (exact) mass is 329 g/mol. The van der Waals surface area contributed by atoms with E-state index in [1.165, 1.54) is 0 Å². The first-order valence-corrected chi connectivity index (χ1v) is 8.07. The van der Waals surface area contributed by atoms with Crippen molar-refractivity contribution in [3.8, 4) is 0 Å². The highest BCUT2D eigenvalue weighted by molar-refractivity contribution is 5.79. The van der Waals surface area contributed by atoms with E-state index in [0.29, 0.717) is 12.2 Å². The lowest BCUT2D eigenvalue weighted by Gasteiger charge is -2.22. The fraction of sp³-hybridized carbons (Fsp3) is 0.471. The number of alkyl carbamates (subject to hydrolysis) is 1. The van der Waals surface area contributed by atoms with Crippen LogP contribution in [0.25, 0.3) is 11.0 Å². The van der Waals surface area contributed by atoms with Gasteiger partial charge in [0.2, 0.25) is 0 Å². The predicted octanol–water partition coefficient (Wildman–Crippen LogP) is 2.32. The number of benzene rings is 1. The van der Waals surface area contributed by atoms with Gasteiger partial charge in [-0.25, -0.2) is 9.78 Å². The summed E-state index contributed by atoms with van der Waals surface area (Å²) >= 11 is 0. The van der Waals surface area contributed by atoms with Crippen molar-refractivity contribution in [2.24, 2.45) is 0 Å². The van der Waals surface area contributed by atoms with Gasteiger partial charge in [-0.15, -0.1) is 0 Å². The van der Waals surface area contributed by atoms with Crippen LogP contribution in [0.15, 0.2) is 24.4 Å². The molecule has 1 amide bonds. The molecule has 3 rings (SSSR count). The predicted molar refractivity (Wildman–Crippen MR) is 93.9 cm³/mol. The molecule has 0 bridgehead atoms. The van der Waals surface area contributed by atoms with Crippen molar-refractivity contribution in [3.63, 3.8) is 0 Å². The number of amides is 1. The highest BCUT2D eigenvalue weighted by Crippen LogP contribution is 2.21. The van der Waals surface area contributed by atoms with Gasteiger partial charge >= 0.3 is 6.09 Å². The molecule has 3 N–H and O–H groups in total. The van der Waals surface area contributed by atoms with Crippen molar-refractivity contribution >= 4 is 28.6 Å². The Hall–Kier alpha value is -2.57. The fourth-order valence-corrected chi connectivity index (χ4v) is 2.73. The number of fused-ring (bicyclic) bond motifs is 1. The van der Waals surface area contributed by atoms with Crippen LogP contribution in [0.4, 0.5) is 16.3 Å². The summed E-state index contributed by atoms with van der Waals surface area (Å²) in [5.41, 5.74) is 7.53. The van der Waals surface area contributed by atoms with Crippen LogP contribution in [0.3, 0.4) is 0 Å². The van der Waals surface area contributed by atoms with Gasteiger partial charge < -0.3 is 20.7 Å². The molecule has 2 aromatic rings. The minimum atomic E-state index is -0.492.